The number of hydrogen-bond donors (Lipinski definition) is 1. The first-order chi connectivity index (χ1) is 9.02. The van der Waals surface area contributed by atoms with Crippen LogP contribution in [0.15, 0.2) is 36.4 Å². The number of ether oxygens (including phenoxy) is 1. The molecule has 0 spiro atoms. The van der Waals surface area contributed by atoms with Gasteiger partial charge in [0, 0.05) is 5.56 Å². The van der Waals surface area contributed by atoms with Crippen LogP contribution in [0.5, 0.6) is 5.75 Å². The predicted octanol–water partition coefficient (Wildman–Crippen LogP) is 4.05. The van der Waals surface area contributed by atoms with Gasteiger partial charge >= 0.3 is 0 Å². The minimum absolute atomic E-state index is 0.506. The Morgan fingerprint density at radius 1 is 1.11 bits per heavy atom. The average molecular weight is 277 g/mol. The molecule has 0 saturated carbocycles. The Labute approximate surface area is 118 Å². The quantitative estimate of drug-likeness (QED) is 0.916. The number of hydrogen-bond acceptors (Lipinski definition) is 2. The molecular weight excluding hydrogens is 260 g/mol. The van der Waals surface area contributed by atoms with Gasteiger partial charge in [-0.1, -0.05) is 47.0 Å². The van der Waals surface area contributed by atoms with E-state index in [1.807, 2.05) is 26.0 Å². The van der Waals surface area contributed by atoms with Gasteiger partial charge in [0.1, 0.15) is 11.9 Å². The van der Waals surface area contributed by atoms with E-state index in [0.29, 0.717) is 16.3 Å². The van der Waals surface area contributed by atoms with Crippen LogP contribution in [0.4, 0.5) is 0 Å². The van der Waals surface area contributed by atoms with E-state index in [1.165, 1.54) is 0 Å². The van der Waals surface area contributed by atoms with Gasteiger partial charge in [-0.15, -0.1) is 0 Å². The van der Waals surface area contributed by atoms with Crippen molar-refractivity contribution in [2.75, 3.05) is 7.11 Å². The highest BCUT2D eigenvalue weighted by atomic mass is 35.5. The van der Waals surface area contributed by atoms with E-state index in [-0.39, 0.29) is 0 Å². The van der Waals surface area contributed by atoms with Crippen LogP contribution in [0.2, 0.25) is 5.02 Å². The van der Waals surface area contributed by atoms with Crippen LogP contribution in [-0.4, -0.2) is 12.2 Å². The first kappa shape index (κ1) is 13.9. The first-order valence-corrected chi connectivity index (χ1v) is 6.49. The summed E-state index contributed by atoms with van der Waals surface area (Å²) in [6.45, 7) is 4.01. The van der Waals surface area contributed by atoms with Crippen molar-refractivity contribution in [2.45, 2.75) is 20.0 Å². The Hall–Kier alpha value is -1.51. The maximum Gasteiger partial charge on any atom is 0.126 e. The van der Waals surface area contributed by atoms with Crippen molar-refractivity contribution in [3.05, 3.63) is 63.7 Å². The summed E-state index contributed by atoms with van der Waals surface area (Å²) in [5.41, 5.74) is 3.65. The summed E-state index contributed by atoms with van der Waals surface area (Å²) in [5.74, 6) is 0.596. The Bertz CT molecular complexity index is 573. The van der Waals surface area contributed by atoms with Gasteiger partial charge in [-0.3, -0.25) is 0 Å². The van der Waals surface area contributed by atoms with E-state index in [2.05, 4.69) is 6.07 Å². The van der Waals surface area contributed by atoms with Crippen LogP contribution in [-0.2, 0) is 0 Å². The zero-order chi connectivity index (χ0) is 14.0. The number of halogens is 1. The maximum atomic E-state index is 10.6. The third kappa shape index (κ3) is 2.91. The normalized spacial score (nSPS) is 12.3. The highest BCUT2D eigenvalue weighted by Crippen LogP contribution is 2.36. The second-order valence-corrected chi connectivity index (χ2v) is 5.09. The number of aliphatic hydroxyl groups excluding tert-OH is 1. The van der Waals surface area contributed by atoms with E-state index in [1.54, 1.807) is 25.3 Å². The van der Waals surface area contributed by atoms with Gasteiger partial charge in [0.15, 0.2) is 0 Å². The van der Waals surface area contributed by atoms with E-state index < -0.39 is 6.10 Å². The van der Waals surface area contributed by atoms with Crippen molar-refractivity contribution in [1.29, 1.82) is 0 Å². The Kier molecular flexibility index (Phi) is 4.13. The fourth-order valence-corrected chi connectivity index (χ4v) is 2.56. The molecular formula is C16H17ClO2. The van der Waals surface area contributed by atoms with Crippen LogP contribution >= 0.6 is 11.6 Å². The number of rotatable bonds is 3. The lowest BCUT2D eigenvalue weighted by molar-refractivity contribution is 0.214. The lowest BCUT2D eigenvalue weighted by Crippen LogP contribution is -2.04. The average Bonchev–Trinajstić information content (AvgIpc) is 2.36. The van der Waals surface area contributed by atoms with Crippen molar-refractivity contribution < 1.29 is 9.84 Å². The summed E-state index contributed by atoms with van der Waals surface area (Å²) in [5, 5.41) is 11.1. The van der Waals surface area contributed by atoms with E-state index in [4.69, 9.17) is 16.3 Å². The van der Waals surface area contributed by atoms with Gasteiger partial charge in [0.25, 0.3) is 0 Å². The summed E-state index contributed by atoms with van der Waals surface area (Å²) in [7, 11) is 1.57. The summed E-state index contributed by atoms with van der Waals surface area (Å²) in [6, 6.07) is 11.3. The predicted molar refractivity (Wildman–Crippen MR) is 78.0 cm³/mol. The number of benzene rings is 2. The van der Waals surface area contributed by atoms with Crippen molar-refractivity contribution in [1.82, 2.24) is 0 Å². The zero-order valence-electron chi connectivity index (χ0n) is 11.3. The summed E-state index contributed by atoms with van der Waals surface area (Å²) < 4.78 is 5.28. The fourth-order valence-electron chi connectivity index (χ4n) is 2.30. The monoisotopic (exact) mass is 276 g/mol. The molecule has 1 atom stereocenters. The number of methoxy groups -OCH3 is 1. The molecule has 2 nitrogen and oxygen atoms in total. The molecule has 2 aromatic carbocycles. The van der Waals surface area contributed by atoms with Crippen molar-refractivity contribution >= 4 is 11.6 Å². The molecule has 0 radical (unpaired) electrons. The van der Waals surface area contributed by atoms with Crippen LogP contribution in [0.25, 0.3) is 0 Å². The van der Waals surface area contributed by atoms with Crippen molar-refractivity contribution in [2.24, 2.45) is 0 Å². The van der Waals surface area contributed by atoms with Crippen LogP contribution in [0.3, 0.4) is 0 Å². The third-order valence-corrected chi connectivity index (χ3v) is 3.40. The van der Waals surface area contributed by atoms with Gasteiger partial charge in [-0.2, -0.15) is 0 Å². The molecule has 0 aliphatic heterocycles. The Morgan fingerprint density at radius 2 is 1.74 bits per heavy atom. The number of aliphatic hydroxyl groups is 1. The molecule has 0 saturated heterocycles. The highest BCUT2D eigenvalue weighted by molar-refractivity contribution is 6.31. The minimum Gasteiger partial charge on any atom is -0.496 e. The lowest BCUT2D eigenvalue weighted by Gasteiger charge is -2.17. The van der Waals surface area contributed by atoms with Gasteiger partial charge in [0.05, 0.1) is 12.1 Å². The highest BCUT2D eigenvalue weighted by Gasteiger charge is 2.19. The zero-order valence-corrected chi connectivity index (χ0v) is 12.0. The first-order valence-electron chi connectivity index (χ1n) is 6.11. The lowest BCUT2D eigenvalue weighted by atomic mass is 9.97. The molecule has 0 bridgehead atoms. The Morgan fingerprint density at radius 3 is 2.32 bits per heavy atom. The molecule has 0 aliphatic carbocycles. The maximum absolute atomic E-state index is 10.6. The van der Waals surface area contributed by atoms with Gasteiger partial charge in [-0.05, 0) is 31.5 Å². The van der Waals surface area contributed by atoms with E-state index >= 15 is 0 Å². The second-order valence-electron chi connectivity index (χ2n) is 4.68. The molecule has 0 fully saturated rings. The van der Waals surface area contributed by atoms with Crippen LogP contribution in [0.1, 0.15) is 28.4 Å². The van der Waals surface area contributed by atoms with Crippen LogP contribution in [0, 0.1) is 13.8 Å². The van der Waals surface area contributed by atoms with Gasteiger partial charge < -0.3 is 9.84 Å². The summed E-state index contributed by atoms with van der Waals surface area (Å²) >= 11 is 6.19. The molecule has 1 N–H and O–H groups in total. The SMILES string of the molecule is COc1cccc(Cl)c1C(O)c1cc(C)cc(C)c1. The molecule has 2 aromatic rings. The smallest absolute Gasteiger partial charge is 0.126 e. The fraction of sp³-hybridized carbons (Fsp3) is 0.250. The van der Waals surface area contributed by atoms with Gasteiger partial charge in [-0.25, -0.2) is 0 Å². The largest absolute Gasteiger partial charge is 0.496 e. The van der Waals surface area contributed by atoms with E-state index in [0.717, 1.165) is 16.7 Å². The molecule has 2 rings (SSSR count). The molecule has 0 aliphatic rings. The van der Waals surface area contributed by atoms with Crippen LogP contribution < -0.4 is 4.74 Å². The topological polar surface area (TPSA) is 29.5 Å². The van der Waals surface area contributed by atoms with Gasteiger partial charge in [0.2, 0.25) is 0 Å². The Balaban J connectivity index is 2.52. The molecule has 0 aromatic heterocycles. The number of aryl methyl sites for hydroxylation is 2. The van der Waals surface area contributed by atoms with E-state index in [9.17, 15) is 5.11 Å². The molecule has 3 heteroatoms. The molecule has 19 heavy (non-hydrogen) atoms. The molecule has 1 unspecified atom stereocenters. The minimum atomic E-state index is -0.790. The summed E-state index contributed by atoms with van der Waals surface area (Å²) in [6.07, 6.45) is -0.790. The molecule has 100 valence electrons. The molecule has 0 heterocycles. The molecule has 0 amide bonds. The summed E-state index contributed by atoms with van der Waals surface area (Å²) in [4.78, 5) is 0. The van der Waals surface area contributed by atoms with Crippen molar-refractivity contribution in [3.63, 3.8) is 0 Å². The second kappa shape index (κ2) is 5.64. The standard InChI is InChI=1S/C16H17ClO2/c1-10-7-11(2)9-12(8-10)16(18)15-13(17)5-4-6-14(15)19-3/h4-9,16,18H,1-3H3. The third-order valence-electron chi connectivity index (χ3n) is 3.07. The van der Waals surface area contributed by atoms with Crippen molar-refractivity contribution in [3.8, 4) is 5.75 Å².